The molecule has 7 heteroatoms. The Balaban J connectivity index is 1.58. The Kier molecular flexibility index (Phi) is 5.11. The van der Waals surface area contributed by atoms with Gasteiger partial charge in [-0.3, -0.25) is 4.90 Å². The minimum absolute atomic E-state index is 0.275. The highest BCUT2D eigenvalue weighted by Gasteiger charge is 2.26. The van der Waals surface area contributed by atoms with Gasteiger partial charge in [-0.2, -0.15) is 0 Å². The molecule has 1 saturated heterocycles. The third-order valence-electron chi connectivity index (χ3n) is 4.87. The summed E-state index contributed by atoms with van der Waals surface area (Å²) in [5.41, 5.74) is 2.03. The minimum atomic E-state index is 0.275. The van der Waals surface area contributed by atoms with Crippen LogP contribution in [0.5, 0.6) is 0 Å². The van der Waals surface area contributed by atoms with Crippen molar-refractivity contribution in [1.29, 1.82) is 0 Å². The number of rotatable bonds is 5. The van der Waals surface area contributed by atoms with Gasteiger partial charge >= 0.3 is 0 Å². The number of aromatic amines is 1. The van der Waals surface area contributed by atoms with E-state index in [1.165, 1.54) is 12.8 Å². The quantitative estimate of drug-likeness (QED) is 0.719. The monoisotopic (exact) mass is 363 g/mol. The van der Waals surface area contributed by atoms with Gasteiger partial charge in [-0.15, -0.1) is 0 Å². The molecule has 0 spiro atoms. The molecule has 0 unspecified atom stereocenters. The summed E-state index contributed by atoms with van der Waals surface area (Å²) in [6.07, 6.45) is 7.20. The summed E-state index contributed by atoms with van der Waals surface area (Å²) in [7, 11) is 0. The summed E-state index contributed by atoms with van der Waals surface area (Å²) in [5, 5.41) is 3.33. The van der Waals surface area contributed by atoms with E-state index in [4.69, 9.17) is 4.98 Å². The molecule has 27 heavy (non-hydrogen) atoms. The van der Waals surface area contributed by atoms with Crippen LogP contribution >= 0.6 is 0 Å². The lowest BCUT2D eigenvalue weighted by molar-refractivity contribution is 0.134. The smallest absolute Gasteiger partial charge is 0.135 e. The summed E-state index contributed by atoms with van der Waals surface area (Å²) < 4.78 is 0. The number of H-pyrrole nitrogens is 1. The van der Waals surface area contributed by atoms with E-state index in [1.807, 2.05) is 38.2 Å². The minimum Gasteiger partial charge on any atom is -0.348 e. The van der Waals surface area contributed by atoms with Gasteiger partial charge in [-0.05, 0) is 45.4 Å². The molecule has 0 bridgehead atoms. The first kappa shape index (κ1) is 17.6. The maximum absolute atomic E-state index is 4.75. The van der Waals surface area contributed by atoms with Crippen LogP contribution in [0.25, 0.3) is 0 Å². The number of anilines is 2. The fourth-order valence-corrected chi connectivity index (χ4v) is 3.66. The zero-order chi connectivity index (χ0) is 18.6. The Morgan fingerprint density at radius 1 is 1.15 bits per heavy atom. The lowest BCUT2D eigenvalue weighted by Crippen LogP contribution is -2.34. The summed E-state index contributed by atoms with van der Waals surface area (Å²) in [6.45, 7) is 5.79. The van der Waals surface area contributed by atoms with Gasteiger partial charge in [0.2, 0.25) is 0 Å². The molecule has 0 radical (unpaired) electrons. The molecule has 1 aliphatic rings. The van der Waals surface area contributed by atoms with Crippen LogP contribution in [-0.2, 0) is 6.54 Å². The second-order valence-electron chi connectivity index (χ2n) is 7.03. The topological polar surface area (TPSA) is 82.6 Å². The molecule has 4 rings (SSSR count). The third kappa shape index (κ3) is 4.31. The van der Waals surface area contributed by atoms with Crippen LogP contribution in [0.15, 0.2) is 36.7 Å². The molecule has 1 aliphatic heterocycles. The molecular weight excluding hydrogens is 338 g/mol. The molecule has 0 amide bonds. The van der Waals surface area contributed by atoms with Crippen LogP contribution in [0, 0.1) is 13.8 Å². The summed E-state index contributed by atoms with van der Waals surface area (Å²) in [4.78, 5) is 23.9. The fourth-order valence-electron chi connectivity index (χ4n) is 3.66. The van der Waals surface area contributed by atoms with Crippen molar-refractivity contribution in [2.75, 3.05) is 11.9 Å². The maximum Gasteiger partial charge on any atom is 0.135 e. The molecule has 2 N–H and O–H groups in total. The van der Waals surface area contributed by atoms with Gasteiger partial charge in [0.25, 0.3) is 0 Å². The number of hydrogen-bond donors (Lipinski definition) is 2. The number of imidazole rings is 1. The molecule has 1 atom stereocenters. The van der Waals surface area contributed by atoms with E-state index in [9.17, 15) is 0 Å². The number of likely N-dealkylation sites (tertiary alicyclic amines) is 1. The number of pyridine rings is 1. The summed E-state index contributed by atoms with van der Waals surface area (Å²) in [6, 6.07) is 8.26. The van der Waals surface area contributed by atoms with Crippen LogP contribution in [0.2, 0.25) is 0 Å². The molecule has 3 aromatic rings. The molecule has 7 nitrogen and oxygen atoms in total. The van der Waals surface area contributed by atoms with Crippen LogP contribution in [-0.4, -0.2) is 36.4 Å². The number of aryl methyl sites for hydroxylation is 2. The van der Waals surface area contributed by atoms with E-state index in [2.05, 4.69) is 36.2 Å². The van der Waals surface area contributed by atoms with Crippen LogP contribution in [0.1, 0.15) is 48.3 Å². The first-order valence-corrected chi connectivity index (χ1v) is 9.46. The van der Waals surface area contributed by atoms with Crippen LogP contribution in [0.3, 0.4) is 0 Å². The lowest BCUT2D eigenvalue weighted by atomic mass is 9.99. The van der Waals surface area contributed by atoms with Gasteiger partial charge in [0, 0.05) is 24.2 Å². The second-order valence-corrected chi connectivity index (χ2v) is 7.03. The van der Waals surface area contributed by atoms with E-state index in [1.54, 1.807) is 6.20 Å². The molecule has 4 heterocycles. The highest BCUT2D eigenvalue weighted by Crippen LogP contribution is 2.32. The van der Waals surface area contributed by atoms with Gasteiger partial charge in [0.05, 0.1) is 18.3 Å². The van der Waals surface area contributed by atoms with Crippen molar-refractivity contribution in [3.05, 3.63) is 59.7 Å². The third-order valence-corrected chi connectivity index (χ3v) is 4.87. The Labute approximate surface area is 159 Å². The molecule has 0 saturated carbocycles. The summed E-state index contributed by atoms with van der Waals surface area (Å²) >= 11 is 0. The van der Waals surface area contributed by atoms with Crippen molar-refractivity contribution >= 4 is 11.6 Å². The zero-order valence-electron chi connectivity index (χ0n) is 15.8. The SMILES string of the molecule is Cc1cccc(Nc2cc([C@H]3CCCCN3Cc3ncc[nH]3)nc(C)n2)n1. The van der Waals surface area contributed by atoms with E-state index >= 15 is 0 Å². The van der Waals surface area contributed by atoms with Crippen molar-refractivity contribution in [3.8, 4) is 0 Å². The lowest BCUT2D eigenvalue weighted by Gasteiger charge is -2.34. The normalized spacial score (nSPS) is 17.8. The first-order chi connectivity index (χ1) is 13.2. The van der Waals surface area contributed by atoms with E-state index in [0.717, 1.165) is 54.2 Å². The Morgan fingerprint density at radius 2 is 2.07 bits per heavy atom. The average Bonchev–Trinajstić information content (AvgIpc) is 3.15. The maximum atomic E-state index is 4.75. The number of nitrogens with one attached hydrogen (secondary N) is 2. The highest BCUT2D eigenvalue weighted by molar-refractivity contribution is 5.52. The van der Waals surface area contributed by atoms with Crippen molar-refractivity contribution in [2.24, 2.45) is 0 Å². The Morgan fingerprint density at radius 3 is 2.89 bits per heavy atom. The van der Waals surface area contributed by atoms with Gasteiger partial charge in [-0.1, -0.05) is 12.5 Å². The second kappa shape index (κ2) is 7.84. The number of aromatic nitrogens is 5. The summed E-state index contributed by atoms with van der Waals surface area (Å²) in [5.74, 6) is 3.36. The highest BCUT2D eigenvalue weighted by atomic mass is 15.2. The predicted molar refractivity (Wildman–Crippen MR) is 105 cm³/mol. The fraction of sp³-hybridized carbons (Fsp3) is 0.400. The zero-order valence-corrected chi connectivity index (χ0v) is 15.8. The van der Waals surface area contributed by atoms with Gasteiger partial charge in [-0.25, -0.2) is 19.9 Å². The molecule has 0 aromatic carbocycles. The van der Waals surface area contributed by atoms with E-state index < -0.39 is 0 Å². The molecule has 140 valence electrons. The van der Waals surface area contributed by atoms with Crippen molar-refractivity contribution in [3.63, 3.8) is 0 Å². The first-order valence-electron chi connectivity index (χ1n) is 9.46. The van der Waals surface area contributed by atoms with E-state index in [0.29, 0.717) is 0 Å². The molecule has 0 aliphatic carbocycles. The van der Waals surface area contributed by atoms with Gasteiger partial charge in [0.15, 0.2) is 0 Å². The van der Waals surface area contributed by atoms with Crippen molar-refractivity contribution < 1.29 is 0 Å². The number of hydrogen-bond acceptors (Lipinski definition) is 6. The van der Waals surface area contributed by atoms with Crippen molar-refractivity contribution in [1.82, 2.24) is 29.8 Å². The molecule has 3 aromatic heterocycles. The molecule has 1 fully saturated rings. The largest absolute Gasteiger partial charge is 0.348 e. The average molecular weight is 363 g/mol. The van der Waals surface area contributed by atoms with E-state index in [-0.39, 0.29) is 6.04 Å². The Bertz CT molecular complexity index is 891. The van der Waals surface area contributed by atoms with Crippen LogP contribution < -0.4 is 5.32 Å². The van der Waals surface area contributed by atoms with Crippen LogP contribution in [0.4, 0.5) is 11.6 Å². The standard InChI is InChI=1S/C20H25N7/c1-14-6-5-8-18(23-14)26-19-12-16(24-15(2)25-19)17-7-3-4-11-27(17)13-20-21-9-10-22-20/h5-6,8-10,12,17H,3-4,7,11,13H2,1-2H3,(H,21,22)(H,23,24,25,26)/t17-/m1/s1. The number of nitrogens with zero attached hydrogens (tertiary/aromatic N) is 5. The van der Waals surface area contributed by atoms with Crippen molar-refractivity contribution in [2.45, 2.75) is 45.7 Å². The van der Waals surface area contributed by atoms with Gasteiger partial charge < -0.3 is 10.3 Å². The predicted octanol–water partition coefficient (Wildman–Crippen LogP) is 3.68. The molecular formula is C20H25N7. The van der Waals surface area contributed by atoms with Gasteiger partial charge in [0.1, 0.15) is 23.3 Å². The Hall–Kier alpha value is -2.80. The number of piperidine rings is 1.